The Kier molecular flexibility index (Phi) is 5.48. The summed E-state index contributed by atoms with van der Waals surface area (Å²) in [5.41, 5.74) is 1.40. The van der Waals surface area contributed by atoms with Gasteiger partial charge in [0, 0.05) is 24.8 Å². The van der Waals surface area contributed by atoms with Crippen LogP contribution in [0.5, 0.6) is 0 Å². The summed E-state index contributed by atoms with van der Waals surface area (Å²) in [4.78, 5) is 6.14. The molecular weight excluding hydrogens is 202 g/mol. The summed E-state index contributed by atoms with van der Waals surface area (Å²) in [7, 11) is 0. The molecule has 0 bridgehead atoms. The molecule has 0 aliphatic rings. The molecule has 0 aliphatic heterocycles. The number of aliphatic hydroxyl groups is 1. The molecule has 0 amide bonds. The van der Waals surface area contributed by atoms with Gasteiger partial charge in [0.2, 0.25) is 0 Å². The molecule has 1 rings (SSSR count). The fraction of sp³-hybridized carbons (Fsp3) is 0.500. The van der Waals surface area contributed by atoms with Crippen LogP contribution in [0.3, 0.4) is 0 Å². The molecule has 86 valence electrons. The quantitative estimate of drug-likeness (QED) is 0.780. The summed E-state index contributed by atoms with van der Waals surface area (Å²) >= 11 is 0. The van der Waals surface area contributed by atoms with Gasteiger partial charge in [-0.05, 0) is 19.0 Å². The van der Waals surface area contributed by atoms with Crippen molar-refractivity contribution in [3.63, 3.8) is 0 Å². The van der Waals surface area contributed by atoms with Gasteiger partial charge in [-0.2, -0.15) is 5.26 Å². The summed E-state index contributed by atoms with van der Waals surface area (Å²) in [6.07, 6.45) is 2.65. The summed E-state index contributed by atoms with van der Waals surface area (Å²) in [5, 5.41) is 17.9. The number of pyridine rings is 1. The Balaban J connectivity index is 2.72. The van der Waals surface area contributed by atoms with Crippen molar-refractivity contribution in [3.05, 3.63) is 29.6 Å². The molecule has 0 radical (unpaired) electrons. The Morgan fingerprint density at radius 1 is 1.50 bits per heavy atom. The van der Waals surface area contributed by atoms with E-state index >= 15 is 0 Å². The first-order valence-corrected chi connectivity index (χ1v) is 5.49. The van der Waals surface area contributed by atoms with Crippen LogP contribution >= 0.6 is 0 Å². The van der Waals surface area contributed by atoms with Crippen molar-refractivity contribution in [3.8, 4) is 6.07 Å². The number of aromatic nitrogens is 1. The van der Waals surface area contributed by atoms with Gasteiger partial charge in [-0.25, -0.2) is 4.98 Å². The standard InChI is InChI=1S/C12H17N3O/c1-2-6-15(7-8-16)10-11-4-3-5-14-12(11)9-13/h3-5,16H,2,6-8,10H2,1H3. The second-order valence-corrected chi connectivity index (χ2v) is 3.62. The first kappa shape index (κ1) is 12.6. The highest BCUT2D eigenvalue weighted by Crippen LogP contribution is 2.08. The van der Waals surface area contributed by atoms with Crippen LogP contribution < -0.4 is 0 Å². The van der Waals surface area contributed by atoms with E-state index < -0.39 is 0 Å². The van der Waals surface area contributed by atoms with E-state index in [2.05, 4.69) is 22.9 Å². The van der Waals surface area contributed by atoms with E-state index in [0.29, 0.717) is 18.8 Å². The lowest BCUT2D eigenvalue weighted by atomic mass is 10.2. The number of rotatable bonds is 6. The van der Waals surface area contributed by atoms with E-state index in [1.165, 1.54) is 0 Å². The van der Waals surface area contributed by atoms with Crippen LogP contribution in [0.1, 0.15) is 24.6 Å². The molecule has 1 aromatic heterocycles. The van der Waals surface area contributed by atoms with Crippen molar-refractivity contribution >= 4 is 0 Å². The molecule has 0 spiro atoms. The van der Waals surface area contributed by atoms with Crippen molar-refractivity contribution in [2.75, 3.05) is 19.7 Å². The zero-order valence-electron chi connectivity index (χ0n) is 9.56. The average Bonchev–Trinajstić information content (AvgIpc) is 2.30. The molecule has 4 nitrogen and oxygen atoms in total. The van der Waals surface area contributed by atoms with Gasteiger partial charge in [-0.15, -0.1) is 0 Å². The zero-order chi connectivity index (χ0) is 11.8. The fourth-order valence-corrected chi connectivity index (χ4v) is 1.64. The fourth-order valence-electron chi connectivity index (χ4n) is 1.64. The largest absolute Gasteiger partial charge is 0.395 e. The SMILES string of the molecule is CCCN(CCO)Cc1cccnc1C#N. The first-order chi connectivity index (χ1) is 7.81. The second kappa shape index (κ2) is 6.94. The lowest BCUT2D eigenvalue weighted by Crippen LogP contribution is -2.27. The third kappa shape index (κ3) is 3.61. The summed E-state index contributed by atoms with van der Waals surface area (Å²) < 4.78 is 0. The maximum atomic E-state index is 8.95. The highest BCUT2D eigenvalue weighted by molar-refractivity contribution is 5.30. The van der Waals surface area contributed by atoms with Crippen LogP contribution in [0.2, 0.25) is 0 Å². The van der Waals surface area contributed by atoms with Crippen molar-refractivity contribution < 1.29 is 5.11 Å². The van der Waals surface area contributed by atoms with E-state index in [1.54, 1.807) is 6.20 Å². The van der Waals surface area contributed by atoms with Crippen LogP contribution in [0.4, 0.5) is 0 Å². The maximum Gasteiger partial charge on any atom is 0.144 e. The van der Waals surface area contributed by atoms with Crippen LogP contribution in [-0.4, -0.2) is 34.7 Å². The lowest BCUT2D eigenvalue weighted by Gasteiger charge is -2.20. The van der Waals surface area contributed by atoms with Crippen LogP contribution in [0.25, 0.3) is 0 Å². The summed E-state index contributed by atoms with van der Waals surface area (Å²) in [6.45, 7) is 4.46. The van der Waals surface area contributed by atoms with E-state index in [9.17, 15) is 0 Å². The zero-order valence-corrected chi connectivity index (χ0v) is 9.56. The van der Waals surface area contributed by atoms with E-state index in [-0.39, 0.29) is 6.61 Å². The number of hydrogen-bond donors (Lipinski definition) is 1. The molecule has 0 saturated heterocycles. The number of aliphatic hydroxyl groups excluding tert-OH is 1. The van der Waals surface area contributed by atoms with Crippen LogP contribution in [0, 0.1) is 11.3 Å². The van der Waals surface area contributed by atoms with Crippen molar-refractivity contribution in [1.82, 2.24) is 9.88 Å². The molecule has 4 heteroatoms. The third-order valence-corrected chi connectivity index (χ3v) is 2.35. The van der Waals surface area contributed by atoms with Crippen LogP contribution in [0.15, 0.2) is 18.3 Å². The monoisotopic (exact) mass is 219 g/mol. The minimum Gasteiger partial charge on any atom is -0.395 e. The Morgan fingerprint density at radius 2 is 2.31 bits per heavy atom. The Morgan fingerprint density at radius 3 is 2.94 bits per heavy atom. The van der Waals surface area contributed by atoms with Gasteiger partial charge in [0.25, 0.3) is 0 Å². The minimum absolute atomic E-state index is 0.141. The molecule has 0 fully saturated rings. The van der Waals surface area contributed by atoms with Crippen molar-refractivity contribution in [2.45, 2.75) is 19.9 Å². The lowest BCUT2D eigenvalue weighted by molar-refractivity contribution is 0.190. The smallest absolute Gasteiger partial charge is 0.144 e. The molecule has 0 aromatic carbocycles. The van der Waals surface area contributed by atoms with Crippen molar-refractivity contribution in [2.24, 2.45) is 0 Å². The number of nitriles is 1. The van der Waals surface area contributed by atoms with Crippen LogP contribution in [-0.2, 0) is 6.54 Å². The minimum atomic E-state index is 0.141. The van der Waals surface area contributed by atoms with Gasteiger partial charge in [-0.1, -0.05) is 13.0 Å². The molecule has 0 saturated carbocycles. The molecule has 0 atom stereocenters. The number of nitrogens with zero attached hydrogens (tertiary/aromatic N) is 3. The van der Waals surface area contributed by atoms with E-state index in [1.807, 2.05) is 12.1 Å². The Labute approximate surface area is 96.2 Å². The molecule has 0 unspecified atom stereocenters. The number of hydrogen-bond acceptors (Lipinski definition) is 4. The molecular formula is C12H17N3O. The Bertz CT molecular complexity index is 354. The normalized spacial score (nSPS) is 10.4. The highest BCUT2D eigenvalue weighted by atomic mass is 16.3. The predicted octanol–water partition coefficient (Wildman–Crippen LogP) is 1.16. The van der Waals surface area contributed by atoms with Crippen molar-refractivity contribution in [1.29, 1.82) is 5.26 Å². The van der Waals surface area contributed by atoms with E-state index in [0.717, 1.165) is 18.5 Å². The van der Waals surface area contributed by atoms with Gasteiger partial charge in [0.1, 0.15) is 11.8 Å². The Hall–Kier alpha value is -1.44. The molecule has 1 aromatic rings. The first-order valence-electron chi connectivity index (χ1n) is 5.49. The molecule has 16 heavy (non-hydrogen) atoms. The van der Waals surface area contributed by atoms with Gasteiger partial charge in [-0.3, -0.25) is 4.90 Å². The average molecular weight is 219 g/mol. The van der Waals surface area contributed by atoms with Gasteiger partial charge in [0.15, 0.2) is 0 Å². The molecule has 1 N–H and O–H groups in total. The van der Waals surface area contributed by atoms with Gasteiger partial charge < -0.3 is 5.11 Å². The summed E-state index contributed by atoms with van der Waals surface area (Å²) in [6, 6.07) is 5.83. The highest BCUT2D eigenvalue weighted by Gasteiger charge is 2.08. The second-order valence-electron chi connectivity index (χ2n) is 3.62. The van der Waals surface area contributed by atoms with Gasteiger partial charge in [0.05, 0.1) is 6.61 Å². The maximum absolute atomic E-state index is 8.95. The predicted molar refractivity (Wildman–Crippen MR) is 61.6 cm³/mol. The molecule has 0 aliphatic carbocycles. The molecule has 1 heterocycles. The topological polar surface area (TPSA) is 60.1 Å². The van der Waals surface area contributed by atoms with Gasteiger partial charge >= 0.3 is 0 Å². The third-order valence-electron chi connectivity index (χ3n) is 2.35. The van der Waals surface area contributed by atoms with E-state index in [4.69, 9.17) is 10.4 Å². The summed E-state index contributed by atoms with van der Waals surface area (Å²) in [5.74, 6) is 0.